The zero-order chi connectivity index (χ0) is 19.5. The third-order valence-electron chi connectivity index (χ3n) is 4.07. The number of thiazole rings is 1. The van der Waals surface area contributed by atoms with E-state index < -0.39 is 0 Å². The minimum Gasteiger partial charge on any atom is -0.416 e. The van der Waals surface area contributed by atoms with Crippen molar-refractivity contribution in [2.45, 2.75) is 44.1 Å². The normalized spacial score (nSPS) is 11.4. The number of aryl methyl sites for hydroxylation is 1. The molecule has 3 heterocycles. The van der Waals surface area contributed by atoms with Gasteiger partial charge in [-0.15, -0.1) is 21.5 Å². The van der Waals surface area contributed by atoms with Crippen LogP contribution in [0.3, 0.4) is 0 Å². The van der Waals surface area contributed by atoms with Crippen LogP contribution in [0.2, 0.25) is 0 Å². The predicted molar refractivity (Wildman–Crippen MR) is 107 cm³/mol. The highest BCUT2D eigenvalue weighted by molar-refractivity contribution is 7.98. The Kier molecular flexibility index (Phi) is 5.54. The van der Waals surface area contributed by atoms with Gasteiger partial charge in [0, 0.05) is 10.9 Å². The van der Waals surface area contributed by atoms with Gasteiger partial charge in [-0.3, -0.25) is 0 Å². The molecule has 0 bridgehead atoms. The summed E-state index contributed by atoms with van der Waals surface area (Å²) < 4.78 is 11.0. The summed E-state index contributed by atoms with van der Waals surface area (Å²) in [6.45, 7) is 6.31. The third kappa shape index (κ3) is 4.48. The van der Waals surface area contributed by atoms with Crippen molar-refractivity contribution in [1.82, 2.24) is 25.3 Å². The average molecular weight is 414 g/mol. The minimum absolute atomic E-state index is 0.467. The zero-order valence-corrected chi connectivity index (χ0v) is 17.4. The lowest BCUT2D eigenvalue weighted by Gasteiger charge is -2.04. The van der Waals surface area contributed by atoms with Crippen LogP contribution in [0.15, 0.2) is 43.8 Å². The highest BCUT2D eigenvalue weighted by atomic mass is 32.2. The second kappa shape index (κ2) is 8.24. The van der Waals surface area contributed by atoms with Crippen LogP contribution in [0.5, 0.6) is 0 Å². The van der Waals surface area contributed by atoms with Gasteiger partial charge in [0.05, 0.1) is 22.9 Å². The van der Waals surface area contributed by atoms with Gasteiger partial charge in [-0.2, -0.15) is 4.98 Å². The van der Waals surface area contributed by atoms with Gasteiger partial charge in [-0.05, 0) is 18.4 Å². The van der Waals surface area contributed by atoms with E-state index in [-0.39, 0.29) is 0 Å². The second-order valence-corrected chi connectivity index (χ2v) is 8.56. The van der Waals surface area contributed by atoms with Gasteiger partial charge in [0.15, 0.2) is 0 Å². The molecule has 9 heteroatoms. The van der Waals surface area contributed by atoms with Crippen molar-refractivity contribution in [3.05, 3.63) is 57.7 Å². The lowest BCUT2D eigenvalue weighted by atomic mass is 10.0. The van der Waals surface area contributed by atoms with E-state index in [4.69, 9.17) is 8.94 Å². The molecule has 0 saturated carbocycles. The van der Waals surface area contributed by atoms with Crippen molar-refractivity contribution >= 4 is 23.1 Å². The molecule has 0 aliphatic rings. The first kappa shape index (κ1) is 18.8. The van der Waals surface area contributed by atoms with Crippen LogP contribution in [0.4, 0.5) is 0 Å². The zero-order valence-electron chi connectivity index (χ0n) is 15.7. The number of benzene rings is 1. The number of thioether (sulfide) groups is 1. The first-order chi connectivity index (χ1) is 13.6. The first-order valence-corrected chi connectivity index (χ1v) is 10.7. The van der Waals surface area contributed by atoms with E-state index in [0.29, 0.717) is 40.9 Å². The molecule has 4 aromatic rings. The van der Waals surface area contributed by atoms with Crippen LogP contribution in [-0.4, -0.2) is 25.3 Å². The molecule has 0 aliphatic heterocycles. The maximum absolute atomic E-state index is 5.66. The standard InChI is InChI=1S/C19H19N5O2S2/c1-11(2)13-4-6-14(7-5-13)18-21-17(26-24-18)10-28-19-23-22-16(25-19)8-15-9-27-12(3)20-15/h4-7,9,11H,8,10H2,1-3H3. The van der Waals surface area contributed by atoms with E-state index in [2.05, 4.69) is 51.3 Å². The number of nitrogens with zero attached hydrogens (tertiary/aromatic N) is 5. The Morgan fingerprint density at radius 1 is 1.07 bits per heavy atom. The molecule has 144 valence electrons. The van der Waals surface area contributed by atoms with Crippen LogP contribution >= 0.6 is 23.1 Å². The molecule has 3 aromatic heterocycles. The smallest absolute Gasteiger partial charge is 0.277 e. The molecule has 4 rings (SSSR count). The van der Waals surface area contributed by atoms with Crippen LogP contribution in [-0.2, 0) is 12.2 Å². The molecule has 0 N–H and O–H groups in total. The van der Waals surface area contributed by atoms with Gasteiger partial charge in [-0.1, -0.05) is 55.0 Å². The summed E-state index contributed by atoms with van der Waals surface area (Å²) in [5.74, 6) is 2.60. The van der Waals surface area contributed by atoms with Gasteiger partial charge >= 0.3 is 0 Å². The summed E-state index contributed by atoms with van der Waals surface area (Å²) in [4.78, 5) is 8.86. The molecular weight excluding hydrogens is 394 g/mol. The maximum atomic E-state index is 5.66. The first-order valence-electron chi connectivity index (χ1n) is 8.86. The van der Waals surface area contributed by atoms with Crippen molar-refractivity contribution in [3.8, 4) is 11.4 Å². The topological polar surface area (TPSA) is 90.7 Å². The third-order valence-corrected chi connectivity index (χ3v) is 5.70. The fourth-order valence-corrected chi connectivity index (χ4v) is 3.81. The maximum Gasteiger partial charge on any atom is 0.277 e. The second-order valence-electron chi connectivity index (χ2n) is 6.57. The van der Waals surface area contributed by atoms with Crippen molar-refractivity contribution in [2.24, 2.45) is 0 Å². The molecule has 0 fully saturated rings. The quantitative estimate of drug-likeness (QED) is 0.396. The Balaban J connectivity index is 1.35. The summed E-state index contributed by atoms with van der Waals surface area (Å²) in [5.41, 5.74) is 3.15. The Morgan fingerprint density at radius 3 is 2.61 bits per heavy atom. The number of aromatic nitrogens is 5. The lowest BCUT2D eigenvalue weighted by Crippen LogP contribution is -1.88. The van der Waals surface area contributed by atoms with E-state index in [1.807, 2.05) is 24.4 Å². The molecule has 0 spiro atoms. The molecule has 0 saturated heterocycles. The van der Waals surface area contributed by atoms with Crippen LogP contribution in [0, 0.1) is 6.92 Å². The Bertz CT molecular complexity index is 1050. The van der Waals surface area contributed by atoms with Gasteiger partial charge in [0.25, 0.3) is 5.22 Å². The summed E-state index contributed by atoms with van der Waals surface area (Å²) in [6.07, 6.45) is 0.537. The van der Waals surface area contributed by atoms with E-state index in [9.17, 15) is 0 Å². The Hall–Kier alpha value is -2.52. The highest BCUT2D eigenvalue weighted by Gasteiger charge is 2.13. The van der Waals surface area contributed by atoms with E-state index in [0.717, 1.165) is 16.3 Å². The van der Waals surface area contributed by atoms with Crippen LogP contribution in [0.1, 0.15) is 47.8 Å². The SMILES string of the molecule is Cc1nc(Cc2nnc(SCc3nc(-c4ccc(C(C)C)cc4)no3)o2)cs1. The molecule has 0 radical (unpaired) electrons. The summed E-state index contributed by atoms with van der Waals surface area (Å²) in [5, 5.41) is 15.7. The van der Waals surface area contributed by atoms with Gasteiger partial charge in [0.1, 0.15) is 0 Å². The molecule has 0 aliphatic carbocycles. The Labute approximate surface area is 170 Å². The molecule has 0 unspecified atom stereocenters. The van der Waals surface area contributed by atoms with Crippen LogP contribution < -0.4 is 0 Å². The highest BCUT2D eigenvalue weighted by Crippen LogP contribution is 2.24. The molecule has 7 nitrogen and oxygen atoms in total. The van der Waals surface area contributed by atoms with Crippen LogP contribution in [0.25, 0.3) is 11.4 Å². The summed E-state index contributed by atoms with van der Waals surface area (Å²) in [7, 11) is 0. The lowest BCUT2D eigenvalue weighted by molar-refractivity contribution is 0.389. The van der Waals surface area contributed by atoms with Crippen molar-refractivity contribution < 1.29 is 8.94 Å². The monoisotopic (exact) mass is 413 g/mol. The van der Waals surface area contributed by atoms with Crippen molar-refractivity contribution in [1.29, 1.82) is 0 Å². The van der Waals surface area contributed by atoms with Crippen molar-refractivity contribution in [2.75, 3.05) is 0 Å². The summed E-state index contributed by atoms with van der Waals surface area (Å²) in [6, 6.07) is 8.21. The fraction of sp³-hybridized carbons (Fsp3) is 0.316. The number of rotatable bonds is 7. The summed E-state index contributed by atoms with van der Waals surface area (Å²) >= 11 is 2.98. The molecule has 1 aromatic carbocycles. The van der Waals surface area contributed by atoms with E-state index >= 15 is 0 Å². The number of hydrogen-bond donors (Lipinski definition) is 0. The largest absolute Gasteiger partial charge is 0.416 e. The molecular formula is C19H19N5O2S2. The van der Waals surface area contributed by atoms with E-state index in [1.54, 1.807) is 11.3 Å². The van der Waals surface area contributed by atoms with Crippen molar-refractivity contribution in [3.63, 3.8) is 0 Å². The number of hydrogen-bond acceptors (Lipinski definition) is 9. The Morgan fingerprint density at radius 2 is 1.89 bits per heavy atom. The molecule has 0 atom stereocenters. The molecule has 28 heavy (non-hydrogen) atoms. The van der Waals surface area contributed by atoms with E-state index in [1.165, 1.54) is 17.3 Å². The minimum atomic E-state index is 0.467. The average Bonchev–Trinajstić information content (AvgIpc) is 3.42. The fourth-order valence-electron chi connectivity index (χ4n) is 2.58. The van der Waals surface area contributed by atoms with Gasteiger partial charge in [0.2, 0.25) is 17.6 Å². The molecule has 0 amide bonds. The predicted octanol–water partition coefficient (Wildman–Crippen LogP) is 4.89. The van der Waals surface area contributed by atoms with Gasteiger partial charge < -0.3 is 8.94 Å². The van der Waals surface area contributed by atoms with Gasteiger partial charge in [-0.25, -0.2) is 4.98 Å².